The molecule has 2 heteroatoms. The number of hydrogen-bond donors (Lipinski definition) is 0. The van der Waals surface area contributed by atoms with Gasteiger partial charge in [0, 0.05) is 16.7 Å². The summed E-state index contributed by atoms with van der Waals surface area (Å²) in [6.07, 6.45) is 12.0. The highest BCUT2D eigenvalue weighted by atomic mass is 19.1. The van der Waals surface area contributed by atoms with Gasteiger partial charge in [0.25, 0.3) is 0 Å². The lowest BCUT2D eigenvalue weighted by Crippen LogP contribution is -1.93. The van der Waals surface area contributed by atoms with Gasteiger partial charge in [-0.05, 0) is 73.2 Å². The summed E-state index contributed by atoms with van der Waals surface area (Å²) in [5.74, 6) is 10.0. The summed E-state index contributed by atoms with van der Waals surface area (Å²) in [6.45, 7) is 4.41. The highest BCUT2D eigenvalue weighted by molar-refractivity contribution is 5.49. The molecule has 186 valence electrons. The third-order valence-corrected chi connectivity index (χ3v) is 6.27. The minimum atomic E-state index is -0.693. The third kappa shape index (κ3) is 9.02. The second-order valence-corrected chi connectivity index (χ2v) is 9.33. The van der Waals surface area contributed by atoms with Crippen molar-refractivity contribution in [2.75, 3.05) is 0 Å². The average molecular weight is 483 g/mol. The van der Waals surface area contributed by atoms with Gasteiger partial charge in [0.15, 0.2) is 0 Å². The molecule has 0 bridgehead atoms. The van der Waals surface area contributed by atoms with Gasteiger partial charge in [-0.3, -0.25) is 0 Å². The molecule has 36 heavy (non-hydrogen) atoms. The van der Waals surface area contributed by atoms with Crippen LogP contribution in [0.2, 0.25) is 0 Å². The van der Waals surface area contributed by atoms with Crippen LogP contribution in [0.3, 0.4) is 0 Å². The van der Waals surface area contributed by atoms with E-state index in [1.807, 2.05) is 36.4 Å². The summed E-state index contributed by atoms with van der Waals surface area (Å²) in [5.41, 5.74) is 4.19. The molecule has 3 aromatic carbocycles. The predicted molar refractivity (Wildman–Crippen MR) is 147 cm³/mol. The van der Waals surface area contributed by atoms with Crippen LogP contribution in [0.15, 0.2) is 60.7 Å². The topological polar surface area (TPSA) is 0 Å². The average Bonchev–Trinajstić information content (AvgIpc) is 2.88. The minimum Gasteiger partial charge on any atom is -0.205 e. The van der Waals surface area contributed by atoms with E-state index in [1.165, 1.54) is 68.2 Å². The number of aryl methyl sites for hydroxylation is 2. The van der Waals surface area contributed by atoms with Crippen molar-refractivity contribution in [1.29, 1.82) is 0 Å². The van der Waals surface area contributed by atoms with Gasteiger partial charge < -0.3 is 0 Å². The van der Waals surface area contributed by atoms with Crippen LogP contribution in [0.1, 0.15) is 98.6 Å². The van der Waals surface area contributed by atoms with Crippen LogP contribution in [-0.2, 0) is 12.8 Å². The van der Waals surface area contributed by atoms with Crippen molar-refractivity contribution in [3.63, 3.8) is 0 Å². The van der Waals surface area contributed by atoms with Crippen molar-refractivity contribution in [2.24, 2.45) is 0 Å². The van der Waals surface area contributed by atoms with Crippen LogP contribution in [0.5, 0.6) is 0 Å². The van der Waals surface area contributed by atoms with Gasteiger partial charge >= 0.3 is 0 Å². The van der Waals surface area contributed by atoms with E-state index < -0.39 is 11.6 Å². The molecule has 0 aliphatic rings. The van der Waals surface area contributed by atoms with E-state index in [2.05, 4.69) is 49.7 Å². The maximum absolute atomic E-state index is 14.6. The first-order valence-corrected chi connectivity index (χ1v) is 13.3. The van der Waals surface area contributed by atoms with E-state index in [0.29, 0.717) is 5.56 Å². The van der Waals surface area contributed by atoms with Gasteiger partial charge in [-0.15, -0.1) is 0 Å². The Balaban J connectivity index is 1.61. The van der Waals surface area contributed by atoms with Gasteiger partial charge in [0.2, 0.25) is 0 Å². The Morgan fingerprint density at radius 3 is 1.44 bits per heavy atom. The molecule has 0 saturated heterocycles. The number of hydrogen-bond acceptors (Lipinski definition) is 0. The van der Waals surface area contributed by atoms with Crippen LogP contribution in [-0.4, -0.2) is 0 Å². The van der Waals surface area contributed by atoms with Gasteiger partial charge in [0.05, 0.1) is 5.56 Å². The van der Waals surface area contributed by atoms with Gasteiger partial charge in [-0.2, -0.15) is 0 Å². The standard InChI is InChI=1S/C34H36F2/c1-3-5-7-8-10-12-28-13-17-29(18-14-28)21-22-31-25-33(35)32(34(36)26-31)24-23-30-19-15-27(16-20-30)11-9-6-4-2/h13-20,25-26H,3-12H2,1-2H3. The molecule has 0 radical (unpaired) electrons. The van der Waals surface area contributed by atoms with E-state index in [9.17, 15) is 8.78 Å². The monoisotopic (exact) mass is 482 g/mol. The van der Waals surface area contributed by atoms with Crippen molar-refractivity contribution in [2.45, 2.75) is 78.1 Å². The largest absolute Gasteiger partial charge is 0.205 e. The highest BCUT2D eigenvalue weighted by Gasteiger charge is 2.08. The quantitative estimate of drug-likeness (QED) is 0.200. The normalized spacial score (nSPS) is 10.3. The Morgan fingerprint density at radius 1 is 0.500 bits per heavy atom. The molecule has 0 atom stereocenters. The van der Waals surface area contributed by atoms with Crippen LogP contribution in [0.4, 0.5) is 8.78 Å². The van der Waals surface area contributed by atoms with Crippen LogP contribution < -0.4 is 0 Å². The summed E-state index contributed by atoms with van der Waals surface area (Å²) in [6, 6.07) is 18.5. The molecule has 0 saturated carbocycles. The smallest absolute Gasteiger partial charge is 0.143 e. The van der Waals surface area contributed by atoms with Gasteiger partial charge in [-0.25, -0.2) is 8.78 Å². The number of halogens is 2. The first-order chi connectivity index (χ1) is 17.6. The molecule has 0 N–H and O–H groups in total. The van der Waals surface area contributed by atoms with Crippen molar-refractivity contribution < 1.29 is 8.78 Å². The fourth-order valence-corrected chi connectivity index (χ4v) is 4.07. The molecule has 0 aliphatic carbocycles. The lowest BCUT2D eigenvalue weighted by molar-refractivity contribution is 0.577. The summed E-state index contributed by atoms with van der Waals surface area (Å²) >= 11 is 0. The molecule has 0 nitrogen and oxygen atoms in total. The zero-order valence-electron chi connectivity index (χ0n) is 21.6. The van der Waals surface area contributed by atoms with E-state index in [0.717, 1.165) is 30.4 Å². The van der Waals surface area contributed by atoms with E-state index in [-0.39, 0.29) is 5.56 Å². The number of benzene rings is 3. The third-order valence-electron chi connectivity index (χ3n) is 6.27. The molecule has 0 fully saturated rings. The Bertz CT molecular complexity index is 1190. The van der Waals surface area contributed by atoms with Crippen LogP contribution in [0.25, 0.3) is 0 Å². The van der Waals surface area contributed by atoms with E-state index in [4.69, 9.17) is 0 Å². The Hall–Kier alpha value is -3.36. The second kappa shape index (κ2) is 14.9. The fraction of sp³-hybridized carbons (Fsp3) is 0.353. The summed E-state index contributed by atoms with van der Waals surface area (Å²) < 4.78 is 29.2. The molecule has 0 spiro atoms. The summed E-state index contributed by atoms with van der Waals surface area (Å²) in [4.78, 5) is 0. The molecule has 0 heterocycles. The Morgan fingerprint density at radius 2 is 0.917 bits per heavy atom. The van der Waals surface area contributed by atoms with Crippen molar-refractivity contribution in [3.05, 3.63) is 106 Å². The summed E-state index contributed by atoms with van der Waals surface area (Å²) in [7, 11) is 0. The minimum absolute atomic E-state index is 0.226. The molecule has 0 aromatic heterocycles. The predicted octanol–water partition coefficient (Wildman–Crippen LogP) is 9.01. The lowest BCUT2D eigenvalue weighted by Gasteiger charge is -2.02. The SMILES string of the molecule is CCCCCCCc1ccc(C#Cc2cc(F)c(C#Cc3ccc(CCCCC)cc3)c(F)c2)cc1. The number of rotatable bonds is 10. The second-order valence-electron chi connectivity index (χ2n) is 9.33. The number of unbranched alkanes of at least 4 members (excludes halogenated alkanes) is 6. The zero-order valence-corrected chi connectivity index (χ0v) is 21.6. The van der Waals surface area contributed by atoms with Gasteiger partial charge in [-0.1, -0.05) is 100 Å². The first-order valence-electron chi connectivity index (χ1n) is 13.3. The lowest BCUT2D eigenvalue weighted by atomic mass is 10.0. The molecule has 0 unspecified atom stereocenters. The first kappa shape index (κ1) is 27.2. The molecule has 3 aromatic rings. The van der Waals surface area contributed by atoms with Crippen molar-refractivity contribution in [1.82, 2.24) is 0 Å². The van der Waals surface area contributed by atoms with Gasteiger partial charge in [0.1, 0.15) is 11.6 Å². The van der Waals surface area contributed by atoms with Crippen LogP contribution >= 0.6 is 0 Å². The molecule has 0 aliphatic heterocycles. The highest BCUT2D eigenvalue weighted by Crippen LogP contribution is 2.16. The Labute approximate surface area is 216 Å². The van der Waals surface area contributed by atoms with Crippen molar-refractivity contribution >= 4 is 0 Å². The molecular formula is C34H36F2. The van der Waals surface area contributed by atoms with E-state index >= 15 is 0 Å². The van der Waals surface area contributed by atoms with Crippen LogP contribution in [0, 0.1) is 35.3 Å². The zero-order chi connectivity index (χ0) is 25.6. The maximum atomic E-state index is 14.6. The maximum Gasteiger partial charge on any atom is 0.143 e. The molecule has 0 amide bonds. The van der Waals surface area contributed by atoms with E-state index in [1.54, 1.807) is 0 Å². The fourth-order valence-electron chi connectivity index (χ4n) is 4.07. The molecule has 3 rings (SSSR count). The molecular weight excluding hydrogens is 446 g/mol. The van der Waals surface area contributed by atoms with Crippen molar-refractivity contribution in [3.8, 4) is 23.7 Å². The Kier molecular flexibility index (Phi) is 11.3. The summed E-state index contributed by atoms with van der Waals surface area (Å²) in [5, 5.41) is 0.